The Balaban J connectivity index is 2.08. The summed E-state index contributed by atoms with van der Waals surface area (Å²) in [6, 6.07) is 7.01. The fourth-order valence-electron chi connectivity index (χ4n) is 2.74. The van der Waals surface area contributed by atoms with Gasteiger partial charge in [-0.1, -0.05) is 17.7 Å². The van der Waals surface area contributed by atoms with Gasteiger partial charge in [0.15, 0.2) is 6.10 Å². The van der Waals surface area contributed by atoms with Crippen molar-refractivity contribution in [3.63, 3.8) is 0 Å². The number of aryl methyl sites for hydroxylation is 2. The minimum Gasteiger partial charge on any atom is -0.449 e. The molecule has 0 radical (unpaired) electrons. The molecular weight excluding hydrogens is 340 g/mol. The molecule has 0 aliphatic rings. The van der Waals surface area contributed by atoms with Crippen LogP contribution in [-0.2, 0) is 16.1 Å². The lowest BCUT2D eigenvalue weighted by Crippen LogP contribution is -2.30. The van der Waals surface area contributed by atoms with Crippen LogP contribution in [0.1, 0.15) is 41.2 Å². The predicted octanol–water partition coefficient (Wildman–Crippen LogP) is 4.27. The van der Waals surface area contributed by atoms with Gasteiger partial charge in [-0.3, -0.25) is 4.79 Å². The van der Waals surface area contributed by atoms with Gasteiger partial charge in [-0.2, -0.15) is 0 Å². The van der Waals surface area contributed by atoms with Gasteiger partial charge in [0.2, 0.25) is 0 Å². The molecule has 0 saturated heterocycles. The van der Waals surface area contributed by atoms with E-state index in [4.69, 9.17) is 16.3 Å². The Bertz CT molecular complexity index is 811. The number of benzene rings is 1. The highest BCUT2D eigenvalue weighted by atomic mass is 35.5. The van der Waals surface area contributed by atoms with Gasteiger partial charge in [0.25, 0.3) is 5.91 Å². The van der Waals surface area contributed by atoms with Crippen LogP contribution in [0.15, 0.2) is 24.3 Å². The Morgan fingerprint density at radius 2 is 1.92 bits per heavy atom. The maximum atomic E-state index is 12.4. The SMILES string of the molecule is CCn1c(C)cc(C(=O)O[C@@H](C)C(=O)Nc2cc(Cl)ccc2C)c1C. The van der Waals surface area contributed by atoms with Crippen molar-refractivity contribution in [3.05, 3.63) is 51.8 Å². The fraction of sp³-hybridized carbons (Fsp3) is 0.368. The lowest BCUT2D eigenvalue weighted by molar-refractivity contribution is -0.123. The van der Waals surface area contributed by atoms with E-state index >= 15 is 0 Å². The van der Waals surface area contributed by atoms with Gasteiger partial charge in [-0.15, -0.1) is 0 Å². The number of carbonyl (C=O) groups is 2. The summed E-state index contributed by atoms with van der Waals surface area (Å²) < 4.78 is 7.36. The zero-order chi connectivity index (χ0) is 18.7. The monoisotopic (exact) mass is 362 g/mol. The van der Waals surface area contributed by atoms with E-state index in [2.05, 4.69) is 5.32 Å². The van der Waals surface area contributed by atoms with Crippen molar-refractivity contribution in [1.82, 2.24) is 4.57 Å². The van der Waals surface area contributed by atoms with Crippen molar-refractivity contribution in [2.75, 3.05) is 5.32 Å². The third-order valence-electron chi connectivity index (χ3n) is 4.22. The Labute approximate surface area is 152 Å². The number of esters is 1. The summed E-state index contributed by atoms with van der Waals surface area (Å²) in [5, 5.41) is 3.27. The van der Waals surface area contributed by atoms with Crippen LogP contribution < -0.4 is 5.32 Å². The van der Waals surface area contributed by atoms with Crippen molar-refractivity contribution in [2.45, 2.75) is 47.3 Å². The number of amides is 1. The number of anilines is 1. The summed E-state index contributed by atoms with van der Waals surface area (Å²) in [6.07, 6.45) is -0.921. The van der Waals surface area contributed by atoms with E-state index in [1.54, 1.807) is 25.1 Å². The molecule has 25 heavy (non-hydrogen) atoms. The molecule has 1 aromatic carbocycles. The van der Waals surface area contributed by atoms with Crippen LogP contribution in [0.3, 0.4) is 0 Å². The molecule has 134 valence electrons. The normalized spacial score (nSPS) is 11.9. The van der Waals surface area contributed by atoms with Crippen LogP contribution in [0.4, 0.5) is 5.69 Å². The highest BCUT2D eigenvalue weighted by molar-refractivity contribution is 6.31. The predicted molar refractivity (Wildman–Crippen MR) is 99.3 cm³/mol. The van der Waals surface area contributed by atoms with Crippen LogP contribution >= 0.6 is 11.6 Å². The third-order valence-corrected chi connectivity index (χ3v) is 4.46. The Morgan fingerprint density at radius 1 is 1.24 bits per heavy atom. The van der Waals surface area contributed by atoms with E-state index in [0.29, 0.717) is 16.3 Å². The van der Waals surface area contributed by atoms with Gasteiger partial charge in [-0.25, -0.2) is 4.79 Å². The summed E-state index contributed by atoms with van der Waals surface area (Å²) in [4.78, 5) is 24.7. The molecule has 0 unspecified atom stereocenters. The third kappa shape index (κ3) is 4.23. The van der Waals surface area contributed by atoms with Gasteiger partial charge >= 0.3 is 5.97 Å². The molecular formula is C19H23ClN2O3. The molecule has 0 aliphatic heterocycles. The largest absolute Gasteiger partial charge is 0.449 e. The fourth-order valence-corrected chi connectivity index (χ4v) is 2.91. The number of hydrogen-bond acceptors (Lipinski definition) is 3. The molecule has 2 rings (SSSR count). The molecule has 5 nitrogen and oxygen atoms in total. The Kier molecular flexibility index (Phi) is 5.90. The minimum absolute atomic E-state index is 0.400. The number of ether oxygens (including phenoxy) is 1. The second-order valence-electron chi connectivity index (χ2n) is 6.03. The first-order chi connectivity index (χ1) is 11.7. The highest BCUT2D eigenvalue weighted by Gasteiger charge is 2.22. The topological polar surface area (TPSA) is 60.3 Å². The van der Waals surface area contributed by atoms with Gasteiger partial charge < -0.3 is 14.6 Å². The number of nitrogens with one attached hydrogen (secondary N) is 1. The number of halogens is 1. The molecule has 1 aromatic heterocycles. The maximum absolute atomic E-state index is 12.4. The summed E-state index contributed by atoms with van der Waals surface area (Å²) >= 11 is 5.95. The van der Waals surface area contributed by atoms with Crippen LogP contribution in [0.25, 0.3) is 0 Å². The quantitative estimate of drug-likeness (QED) is 0.808. The molecule has 1 amide bonds. The van der Waals surface area contributed by atoms with E-state index in [1.807, 2.05) is 38.3 Å². The second-order valence-corrected chi connectivity index (χ2v) is 6.46. The first kappa shape index (κ1) is 19.1. The first-order valence-corrected chi connectivity index (χ1v) is 8.57. The number of aromatic nitrogens is 1. The van der Waals surface area contributed by atoms with E-state index < -0.39 is 18.0 Å². The van der Waals surface area contributed by atoms with Gasteiger partial charge in [0.05, 0.1) is 5.56 Å². The number of carbonyl (C=O) groups excluding carboxylic acids is 2. The smallest absolute Gasteiger partial charge is 0.340 e. The number of rotatable bonds is 5. The van der Waals surface area contributed by atoms with E-state index in [0.717, 1.165) is 23.5 Å². The van der Waals surface area contributed by atoms with Crippen molar-refractivity contribution < 1.29 is 14.3 Å². The summed E-state index contributed by atoms with van der Waals surface area (Å²) in [7, 11) is 0. The van der Waals surface area contributed by atoms with Gasteiger partial charge in [0, 0.05) is 28.6 Å². The van der Waals surface area contributed by atoms with Crippen LogP contribution in [0, 0.1) is 20.8 Å². The maximum Gasteiger partial charge on any atom is 0.340 e. The van der Waals surface area contributed by atoms with Gasteiger partial charge in [-0.05, 0) is 58.4 Å². The van der Waals surface area contributed by atoms with E-state index in [1.165, 1.54) is 0 Å². The molecule has 2 aromatic rings. The molecule has 1 N–H and O–H groups in total. The average Bonchev–Trinajstić information content (AvgIpc) is 2.84. The summed E-state index contributed by atoms with van der Waals surface area (Å²) in [5.41, 5.74) is 3.78. The molecule has 1 heterocycles. The molecule has 0 fully saturated rings. The molecule has 1 atom stereocenters. The van der Waals surface area contributed by atoms with Gasteiger partial charge in [0.1, 0.15) is 0 Å². The molecule has 0 spiro atoms. The lowest BCUT2D eigenvalue weighted by atomic mass is 10.2. The molecule has 0 aliphatic carbocycles. The van der Waals surface area contributed by atoms with Crippen LogP contribution in [0.5, 0.6) is 0 Å². The van der Waals surface area contributed by atoms with Crippen LogP contribution in [-0.4, -0.2) is 22.5 Å². The zero-order valence-corrected chi connectivity index (χ0v) is 15.9. The van der Waals surface area contributed by atoms with E-state index in [-0.39, 0.29) is 0 Å². The second kappa shape index (κ2) is 7.74. The number of hydrogen-bond donors (Lipinski definition) is 1. The van der Waals surface area contributed by atoms with Crippen molar-refractivity contribution in [1.29, 1.82) is 0 Å². The highest BCUT2D eigenvalue weighted by Crippen LogP contribution is 2.21. The Hall–Kier alpha value is -2.27. The first-order valence-electron chi connectivity index (χ1n) is 8.19. The molecule has 0 saturated carbocycles. The number of nitrogens with zero attached hydrogens (tertiary/aromatic N) is 1. The molecule has 6 heteroatoms. The van der Waals surface area contributed by atoms with Crippen molar-refractivity contribution in [3.8, 4) is 0 Å². The van der Waals surface area contributed by atoms with Crippen molar-refractivity contribution in [2.24, 2.45) is 0 Å². The minimum atomic E-state index is -0.921. The zero-order valence-electron chi connectivity index (χ0n) is 15.1. The van der Waals surface area contributed by atoms with Crippen molar-refractivity contribution >= 4 is 29.2 Å². The molecule has 0 bridgehead atoms. The summed E-state index contributed by atoms with van der Waals surface area (Å²) in [6.45, 7) is 10.0. The Morgan fingerprint density at radius 3 is 2.52 bits per heavy atom. The average molecular weight is 363 g/mol. The summed E-state index contributed by atoms with van der Waals surface area (Å²) in [5.74, 6) is -0.902. The van der Waals surface area contributed by atoms with E-state index in [9.17, 15) is 9.59 Å². The van der Waals surface area contributed by atoms with Crippen LogP contribution in [0.2, 0.25) is 5.02 Å². The lowest BCUT2D eigenvalue weighted by Gasteiger charge is -2.15. The standard InChI is InChI=1S/C19H23ClN2O3/c1-6-22-12(3)9-16(13(22)4)19(24)25-14(5)18(23)21-17-10-15(20)8-7-11(17)2/h7-10,14H,6H2,1-5H3,(H,21,23)/t14-/m0/s1.